The number of aryl methyl sites for hydroxylation is 1. The predicted molar refractivity (Wildman–Crippen MR) is 64.8 cm³/mol. The van der Waals surface area contributed by atoms with Gasteiger partial charge in [0.05, 0.1) is 0 Å². The number of thioether (sulfide) groups is 1. The van der Waals surface area contributed by atoms with E-state index < -0.39 is 0 Å². The Bertz CT molecular complexity index is 451. The molecule has 0 atom stereocenters. The van der Waals surface area contributed by atoms with Crippen LogP contribution in [-0.4, -0.2) is 6.26 Å². The molecule has 2 heteroatoms. The molecule has 0 radical (unpaired) electrons. The first-order valence-corrected chi connectivity index (χ1v) is 6.13. The second kappa shape index (κ2) is 4.49. The van der Waals surface area contributed by atoms with Gasteiger partial charge in [-0.05, 0) is 17.4 Å². The van der Waals surface area contributed by atoms with Crippen LogP contribution in [-0.2, 0) is 7.05 Å². The number of rotatable bonds is 2. The molecule has 0 saturated carbocycles. The lowest BCUT2D eigenvalue weighted by Crippen LogP contribution is -2.29. The molecule has 0 bridgehead atoms. The number of hydrogen-bond donors (Lipinski definition) is 0. The highest BCUT2D eigenvalue weighted by atomic mass is 32.2. The molecule has 0 aliphatic rings. The molecule has 0 fully saturated rings. The topological polar surface area (TPSA) is 3.88 Å². The zero-order chi connectivity index (χ0) is 10.7. The van der Waals surface area contributed by atoms with E-state index in [2.05, 4.69) is 60.5 Å². The summed E-state index contributed by atoms with van der Waals surface area (Å²) in [6.45, 7) is 0. The van der Waals surface area contributed by atoms with Crippen molar-refractivity contribution in [2.45, 2.75) is 5.03 Å². The number of aromatic nitrogens is 1. The van der Waals surface area contributed by atoms with Crippen molar-refractivity contribution in [2.24, 2.45) is 7.05 Å². The molecule has 0 aliphatic heterocycles. The SMILES string of the molecule is CSc1cc(-c2ccccc2)cc[n+]1C. The van der Waals surface area contributed by atoms with Crippen LogP contribution in [0.2, 0.25) is 0 Å². The van der Waals surface area contributed by atoms with Gasteiger partial charge in [0.15, 0.2) is 6.20 Å². The molecule has 76 valence electrons. The van der Waals surface area contributed by atoms with Gasteiger partial charge in [-0.15, -0.1) is 0 Å². The summed E-state index contributed by atoms with van der Waals surface area (Å²) in [6, 6.07) is 14.8. The molecule has 0 unspecified atom stereocenters. The number of hydrogen-bond acceptors (Lipinski definition) is 1. The van der Waals surface area contributed by atoms with Crippen LogP contribution in [0.1, 0.15) is 0 Å². The Morgan fingerprint density at radius 2 is 1.73 bits per heavy atom. The Morgan fingerprint density at radius 3 is 2.40 bits per heavy atom. The maximum absolute atomic E-state index is 2.22. The van der Waals surface area contributed by atoms with E-state index in [1.54, 1.807) is 11.8 Å². The van der Waals surface area contributed by atoms with E-state index in [9.17, 15) is 0 Å². The maximum atomic E-state index is 2.22. The van der Waals surface area contributed by atoms with Gasteiger partial charge in [0.25, 0.3) is 0 Å². The lowest BCUT2D eigenvalue weighted by molar-refractivity contribution is -0.708. The van der Waals surface area contributed by atoms with Gasteiger partial charge in [-0.2, -0.15) is 4.57 Å². The normalized spacial score (nSPS) is 10.3. The van der Waals surface area contributed by atoms with E-state index in [0.29, 0.717) is 0 Å². The van der Waals surface area contributed by atoms with Gasteiger partial charge in [-0.25, -0.2) is 0 Å². The summed E-state index contributed by atoms with van der Waals surface area (Å²) in [4.78, 5) is 0. The van der Waals surface area contributed by atoms with E-state index >= 15 is 0 Å². The lowest BCUT2D eigenvalue weighted by Gasteiger charge is -2.02. The highest BCUT2D eigenvalue weighted by molar-refractivity contribution is 7.98. The zero-order valence-electron chi connectivity index (χ0n) is 8.97. The van der Waals surface area contributed by atoms with Gasteiger partial charge in [0, 0.05) is 12.1 Å². The quantitative estimate of drug-likeness (QED) is 0.551. The maximum Gasteiger partial charge on any atom is 0.240 e. The first-order valence-electron chi connectivity index (χ1n) is 4.90. The van der Waals surface area contributed by atoms with Crippen molar-refractivity contribution in [3.63, 3.8) is 0 Å². The average molecular weight is 216 g/mol. The molecular weight excluding hydrogens is 202 g/mol. The van der Waals surface area contributed by atoms with Crippen LogP contribution in [0.5, 0.6) is 0 Å². The molecule has 2 aromatic rings. The highest BCUT2D eigenvalue weighted by Gasteiger charge is 2.06. The van der Waals surface area contributed by atoms with Crippen LogP contribution < -0.4 is 4.57 Å². The fraction of sp³-hybridized carbons (Fsp3) is 0.154. The summed E-state index contributed by atoms with van der Waals surface area (Å²) in [5.41, 5.74) is 2.55. The summed E-state index contributed by atoms with van der Waals surface area (Å²) in [5.74, 6) is 0. The first-order chi connectivity index (χ1) is 7.31. The molecule has 0 aliphatic carbocycles. The second-order valence-electron chi connectivity index (χ2n) is 3.43. The molecule has 2 rings (SSSR count). The van der Waals surface area contributed by atoms with Crippen LogP contribution in [0.25, 0.3) is 11.1 Å². The van der Waals surface area contributed by atoms with Crippen molar-refractivity contribution in [3.05, 3.63) is 48.7 Å². The van der Waals surface area contributed by atoms with Crippen molar-refractivity contribution in [2.75, 3.05) is 6.26 Å². The summed E-state index contributed by atoms with van der Waals surface area (Å²) in [5, 5.41) is 1.27. The third-order valence-electron chi connectivity index (χ3n) is 2.42. The molecule has 1 aromatic carbocycles. The summed E-state index contributed by atoms with van der Waals surface area (Å²) >= 11 is 1.77. The molecular formula is C13H14NS+. The molecule has 1 heterocycles. The fourth-order valence-electron chi connectivity index (χ4n) is 1.56. The van der Waals surface area contributed by atoms with E-state index in [0.717, 1.165) is 0 Å². The minimum atomic E-state index is 1.27. The van der Waals surface area contributed by atoms with Gasteiger partial charge >= 0.3 is 0 Å². The van der Waals surface area contributed by atoms with Gasteiger partial charge in [0.1, 0.15) is 7.05 Å². The third-order valence-corrected chi connectivity index (χ3v) is 3.24. The second-order valence-corrected chi connectivity index (χ2v) is 4.26. The van der Waals surface area contributed by atoms with Gasteiger partial charge < -0.3 is 0 Å². The van der Waals surface area contributed by atoms with Gasteiger partial charge in [-0.3, -0.25) is 0 Å². The number of benzene rings is 1. The van der Waals surface area contributed by atoms with Crippen molar-refractivity contribution in [3.8, 4) is 11.1 Å². The monoisotopic (exact) mass is 216 g/mol. The van der Waals surface area contributed by atoms with E-state index in [-0.39, 0.29) is 0 Å². The lowest BCUT2D eigenvalue weighted by atomic mass is 10.1. The average Bonchev–Trinajstić information content (AvgIpc) is 2.31. The van der Waals surface area contributed by atoms with Crippen molar-refractivity contribution in [1.82, 2.24) is 0 Å². The van der Waals surface area contributed by atoms with Gasteiger partial charge in [0.2, 0.25) is 5.03 Å². The molecule has 0 spiro atoms. The van der Waals surface area contributed by atoms with Crippen LogP contribution in [0.15, 0.2) is 53.7 Å². The Balaban J connectivity index is 2.46. The van der Waals surface area contributed by atoms with Crippen molar-refractivity contribution in [1.29, 1.82) is 0 Å². The highest BCUT2D eigenvalue weighted by Crippen LogP contribution is 2.21. The third kappa shape index (κ3) is 2.21. The molecule has 0 amide bonds. The predicted octanol–water partition coefficient (Wildman–Crippen LogP) is 2.90. The summed E-state index contributed by atoms with van der Waals surface area (Å²) in [7, 11) is 2.07. The minimum absolute atomic E-state index is 1.27. The van der Waals surface area contributed by atoms with Crippen molar-refractivity contribution >= 4 is 11.8 Å². The van der Waals surface area contributed by atoms with E-state index in [1.165, 1.54) is 16.2 Å². The Labute approximate surface area is 94.8 Å². The molecule has 0 saturated heterocycles. The van der Waals surface area contributed by atoms with Crippen LogP contribution >= 0.6 is 11.8 Å². The Morgan fingerprint density at radius 1 is 1.00 bits per heavy atom. The molecule has 1 nitrogen and oxygen atoms in total. The Hall–Kier alpha value is -1.28. The van der Waals surface area contributed by atoms with Crippen LogP contribution in [0.3, 0.4) is 0 Å². The van der Waals surface area contributed by atoms with Crippen LogP contribution in [0, 0.1) is 0 Å². The smallest absolute Gasteiger partial charge is 0.196 e. The van der Waals surface area contributed by atoms with E-state index in [4.69, 9.17) is 0 Å². The summed E-state index contributed by atoms with van der Waals surface area (Å²) in [6.07, 6.45) is 4.21. The van der Waals surface area contributed by atoms with Gasteiger partial charge in [-0.1, -0.05) is 42.1 Å². The van der Waals surface area contributed by atoms with Crippen molar-refractivity contribution < 1.29 is 4.57 Å². The van der Waals surface area contributed by atoms with Crippen LogP contribution in [0.4, 0.5) is 0 Å². The number of nitrogens with zero attached hydrogens (tertiary/aromatic N) is 1. The zero-order valence-corrected chi connectivity index (χ0v) is 9.79. The fourth-order valence-corrected chi connectivity index (χ4v) is 2.16. The first kappa shape index (κ1) is 10.2. The standard InChI is InChI=1S/C13H14NS/c1-14-9-8-12(10-13(14)15-2)11-6-4-3-5-7-11/h3-10H,1-2H3/q+1. The molecule has 15 heavy (non-hydrogen) atoms. The molecule has 0 N–H and O–H groups in total. The minimum Gasteiger partial charge on any atom is -0.196 e. The number of pyridine rings is 1. The largest absolute Gasteiger partial charge is 0.240 e. The van der Waals surface area contributed by atoms with E-state index in [1.807, 2.05) is 6.07 Å². The summed E-state index contributed by atoms with van der Waals surface area (Å²) < 4.78 is 2.14. The molecule has 1 aromatic heterocycles. The Kier molecular flexibility index (Phi) is 3.07.